The van der Waals surface area contributed by atoms with Gasteiger partial charge >= 0.3 is 39.1 Å². The van der Waals surface area contributed by atoms with Gasteiger partial charge in [-0.2, -0.15) is 0 Å². The molecule has 0 unspecified atom stereocenters. The summed E-state index contributed by atoms with van der Waals surface area (Å²) in [6.45, 7) is 0. The van der Waals surface area contributed by atoms with E-state index in [-0.39, 0.29) is 22.4 Å². The molecule has 0 atom stereocenters. The van der Waals surface area contributed by atoms with Crippen LogP contribution in [0.25, 0.3) is 0 Å². The summed E-state index contributed by atoms with van der Waals surface area (Å²) >= 11 is 4.62. The molecule has 0 N–H and O–H groups in total. The molecule has 5 heavy (non-hydrogen) atoms. The van der Waals surface area contributed by atoms with Gasteiger partial charge in [-0.15, -0.1) is 0 Å². The quantitative estimate of drug-likeness (QED) is 0.559. The third-order valence-corrected chi connectivity index (χ3v) is 0. The third kappa shape index (κ3) is 32.9. The van der Waals surface area contributed by atoms with Crippen LogP contribution in [0.3, 0.4) is 0 Å². The molecule has 1 radical (unpaired) electrons. The average molecular weight is 254 g/mol. The summed E-state index contributed by atoms with van der Waals surface area (Å²) in [6.07, 6.45) is 0. The standard InChI is InChI=1S/Ag.Fe.Ni.2O. The summed E-state index contributed by atoms with van der Waals surface area (Å²) in [5.74, 6) is 0. The number of hydrogen-bond acceptors (Lipinski definition) is 2. The molecule has 2 nitrogen and oxygen atoms in total. The summed E-state index contributed by atoms with van der Waals surface area (Å²) in [5, 5.41) is 0. The number of rotatable bonds is 0. The van der Waals surface area contributed by atoms with Gasteiger partial charge in [0.1, 0.15) is 0 Å². The van der Waals surface area contributed by atoms with Crippen LogP contribution in [-0.4, -0.2) is 0 Å². The van der Waals surface area contributed by atoms with Gasteiger partial charge in [-0.3, -0.25) is 0 Å². The minimum absolute atomic E-state index is 0. The second-order valence-electron chi connectivity index (χ2n) is 0. The Labute approximate surface area is 61.2 Å². The molecule has 41 valence electrons. The summed E-state index contributed by atoms with van der Waals surface area (Å²) in [4.78, 5) is 0. The van der Waals surface area contributed by atoms with Crippen molar-refractivity contribution in [1.29, 1.82) is 0 Å². The van der Waals surface area contributed by atoms with Gasteiger partial charge in [0, 0.05) is 22.4 Å². The van der Waals surface area contributed by atoms with Gasteiger partial charge in [0.05, 0.1) is 0 Å². The molecule has 0 heterocycles. The predicted molar refractivity (Wildman–Crippen MR) is 1.37 cm³/mol. The molecule has 0 rings (SSSR count). The van der Waals surface area contributed by atoms with Crippen LogP contribution in [0, 0.1) is 0 Å². The van der Waals surface area contributed by atoms with Gasteiger partial charge < -0.3 is 0 Å². The second kappa shape index (κ2) is 55.4. The van der Waals surface area contributed by atoms with Crippen LogP contribution in [-0.2, 0) is 61.4 Å². The van der Waals surface area contributed by atoms with E-state index in [1.807, 2.05) is 15.9 Å². The van der Waals surface area contributed by atoms with Crippen LogP contribution in [0.2, 0.25) is 0 Å². The van der Waals surface area contributed by atoms with Gasteiger partial charge in [-0.1, -0.05) is 0 Å². The van der Waals surface area contributed by atoms with E-state index in [2.05, 4.69) is 15.4 Å². The number of hydrogen-bond donors (Lipinski definition) is 0. The van der Waals surface area contributed by atoms with Gasteiger partial charge in [-0.05, 0) is 0 Å². The summed E-state index contributed by atoms with van der Waals surface area (Å²) in [5.41, 5.74) is 0. The van der Waals surface area contributed by atoms with Crippen molar-refractivity contribution in [3.05, 3.63) is 0 Å². The van der Waals surface area contributed by atoms with Crippen molar-refractivity contribution in [2.24, 2.45) is 0 Å². The predicted octanol–water partition coefficient (Wildman–Crippen LogP) is -0.245. The summed E-state index contributed by atoms with van der Waals surface area (Å²) < 4.78 is 15.9. The SMILES string of the molecule is [Ag].[O]=[Fe].[O]=[Ni]. The van der Waals surface area contributed by atoms with Crippen molar-refractivity contribution in [3.63, 3.8) is 0 Å². The molecule has 0 spiro atoms. The molecule has 0 saturated heterocycles. The first-order chi connectivity index (χ1) is 2.00. The van der Waals surface area contributed by atoms with Gasteiger partial charge in [0.25, 0.3) is 0 Å². The molecule has 0 aromatic heterocycles. The van der Waals surface area contributed by atoms with Crippen LogP contribution in [0.15, 0.2) is 0 Å². The molecular weight excluding hydrogens is 254 g/mol. The van der Waals surface area contributed by atoms with Crippen LogP contribution in [0.5, 0.6) is 0 Å². The minimum atomic E-state index is 0. The topological polar surface area (TPSA) is 34.1 Å². The van der Waals surface area contributed by atoms with E-state index in [0.29, 0.717) is 0 Å². The molecule has 0 bridgehead atoms. The van der Waals surface area contributed by atoms with E-state index >= 15 is 0 Å². The van der Waals surface area contributed by atoms with Gasteiger partial charge in [-0.25, -0.2) is 0 Å². The first-order valence-corrected chi connectivity index (χ1v) is 1.13. The summed E-state index contributed by atoms with van der Waals surface area (Å²) in [6, 6.07) is 0. The fraction of sp³-hybridized carbons (Fsp3) is 0. The van der Waals surface area contributed by atoms with Gasteiger partial charge in [0.15, 0.2) is 0 Å². The Morgan fingerprint density at radius 1 is 1.20 bits per heavy atom. The Morgan fingerprint density at radius 2 is 1.20 bits per heavy atom. The van der Waals surface area contributed by atoms with Crippen LogP contribution in [0.1, 0.15) is 0 Å². The zero-order chi connectivity index (χ0) is 4.00. The fourth-order valence-corrected chi connectivity index (χ4v) is 0. The normalized spacial score (nSPS) is 2.20. The van der Waals surface area contributed by atoms with Crippen molar-refractivity contribution < 1.29 is 61.4 Å². The van der Waals surface area contributed by atoms with Crippen LogP contribution < -0.4 is 0 Å². The Bertz CT molecular complexity index is 11.6. The van der Waals surface area contributed by atoms with E-state index in [1.54, 1.807) is 0 Å². The monoisotopic (exact) mass is 253 g/mol. The first kappa shape index (κ1) is 16.2. The summed E-state index contributed by atoms with van der Waals surface area (Å²) in [7, 11) is 0. The molecule has 0 fully saturated rings. The van der Waals surface area contributed by atoms with Crippen molar-refractivity contribution >= 4 is 0 Å². The van der Waals surface area contributed by atoms with E-state index in [1.165, 1.54) is 0 Å². The van der Waals surface area contributed by atoms with Gasteiger partial charge in [0.2, 0.25) is 0 Å². The fourth-order valence-electron chi connectivity index (χ4n) is 0. The van der Waals surface area contributed by atoms with E-state index in [0.717, 1.165) is 0 Å². The molecule has 0 aliphatic carbocycles. The van der Waals surface area contributed by atoms with E-state index < -0.39 is 0 Å². The zero-order valence-electron chi connectivity index (χ0n) is 1.79. The van der Waals surface area contributed by atoms with E-state index in [4.69, 9.17) is 7.73 Å². The third-order valence-electron chi connectivity index (χ3n) is 0. The average Bonchev–Trinajstić information content (AvgIpc) is 1.50. The zero-order valence-corrected chi connectivity index (χ0v) is 5.36. The van der Waals surface area contributed by atoms with Crippen molar-refractivity contribution in [1.82, 2.24) is 0 Å². The first-order valence-electron chi connectivity index (χ1n) is 0.273. The van der Waals surface area contributed by atoms with Crippen molar-refractivity contribution in [2.45, 2.75) is 0 Å². The molecule has 0 aromatic rings. The van der Waals surface area contributed by atoms with Crippen LogP contribution in [0.4, 0.5) is 0 Å². The molecule has 0 amide bonds. The van der Waals surface area contributed by atoms with Crippen molar-refractivity contribution in [2.75, 3.05) is 0 Å². The molecule has 0 saturated carbocycles. The Kier molecular flexibility index (Phi) is 179. The maximum atomic E-state index is 8.00. The van der Waals surface area contributed by atoms with E-state index in [9.17, 15) is 0 Å². The van der Waals surface area contributed by atoms with Crippen LogP contribution >= 0.6 is 0 Å². The second-order valence-corrected chi connectivity index (χ2v) is 0. The molecule has 0 aliphatic heterocycles. The molecular formula is AgFeNiO2. The Hall–Kier alpha value is 1.35. The Morgan fingerprint density at radius 3 is 1.20 bits per heavy atom. The van der Waals surface area contributed by atoms with Crippen molar-refractivity contribution in [3.8, 4) is 0 Å². The molecule has 0 aliphatic rings. The Balaban J connectivity index is -0.0000000133. The maximum absolute atomic E-state index is 8.00. The molecule has 0 aromatic carbocycles. The molecule has 5 heteroatoms.